The van der Waals surface area contributed by atoms with Gasteiger partial charge in [0.25, 0.3) is 0 Å². The van der Waals surface area contributed by atoms with Crippen LogP contribution in [-0.2, 0) is 0 Å². The van der Waals surface area contributed by atoms with Gasteiger partial charge in [-0.2, -0.15) is 0 Å². The van der Waals surface area contributed by atoms with Crippen molar-refractivity contribution in [3.63, 3.8) is 0 Å². The molecule has 0 saturated carbocycles. The monoisotopic (exact) mass is 361 g/mol. The lowest BCUT2D eigenvalue weighted by Gasteiger charge is -2.10. The summed E-state index contributed by atoms with van der Waals surface area (Å²) < 4.78 is 32.2. The number of carboxylic acids is 1. The van der Waals surface area contributed by atoms with E-state index >= 15 is 0 Å². The van der Waals surface area contributed by atoms with Crippen molar-refractivity contribution in [3.8, 4) is 22.1 Å². The number of aryl methyl sites for hydroxylation is 2. The Hall–Kier alpha value is -2.80. The van der Waals surface area contributed by atoms with Crippen molar-refractivity contribution in [1.82, 2.24) is 4.98 Å². The Balaban J connectivity index is 1.90. The van der Waals surface area contributed by atoms with Crippen molar-refractivity contribution in [1.29, 1.82) is 0 Å². The number of aromatic carboxylic acids is 1. The van der Waals surface area contributed by atoms with Crippen molar-refractivity contribution >= 4 is 17.3 Å². The third kappa shape index (κ3) is 3.51. The van der Waals surface area contributed by atoms with E-state index in [0.717, 1.165) is 29.0 Å². The predicted octanol–water partition coefficient (Wildman–Crippen LogP) is 5.20. The molecular weight excluding hydrogens is 348 g/mol. The summed E-state index contributed by atoms with van der Waals surface area (Å²) in [6.45, 7) is 3.42. The molecule has 0 aliphatic rings. The summed E-state index contributed by atoms with van der Waals surface area (Å²) in [7, 11) is 0. The molecule has 2 aromatic carbocycles. The van der Waals surface area contributed by atoms with Crippen molar-refractivity contribution in [3.05, 3.63) is 64.2 Å². The average molecular weight is 361 g/mol. The maximum absolute atomic E-state index is 13.7. The molecule has 0 unspecified atom stereocenters. The molecule has 0 amide bonds. The molecule has 0 saturated heterocycles. The Morgan fingerprint density at radius 2 is 1.84 bits per heavy atom. The highest BCUT2D eigenvalue weighted by atomic mass is 32.1. The Morgan fingerprint density at radius 1 is 1.12 bits per heavy atom. The van der Waals surface area contributed by atoms with Crippen LogP contribution in [0, 0.1) is 25.5 Å². The number of carbonyl (C=O) groups is 1. The Kier molecular flexibility index (Phi) is 4.50. The highest BCUT2D eigenvalue weighted by Crippen LogP contribution is 2.33. The number of carboxylic acid groups (broad SMARTS) is 1. The second-order valence-corrected chi connectivity index (χ2v) is 6.39. The van der Waals surface area contributed by atoms with E-state index in [1.54, 1.807) is 32.0 Å². The molecule has 25 heavy (non-hydrogen) atoms. The number of hydrogen-bond acceptors (Lipinski definition) is 4. The van der Waals surface area contributed by atoms with Gasteiger partial charge in [-0.1, -0.05) is 0 Å². The average Bonchev–Trinajstić information content (AvgIpc) is 2.94. The molecule has 1 N–H and O–H groups in total. The molecule has 0 aliphatic carbocycles. The third-order valence-corrected chi connectivity index (χ3v) is 4.72. The van der Waals surface area contributed by atoms with E-state index in [1.807, 2.05) is 0 Å². The summed E-state index contributed by atoms with van der Waals surface area (Å²) in [4.78, 5) is 15.6. The summed E-state index contributed by atoms with van der Waals surface area (Å²) in [5.74, 6) is -2.13. The Morgan fingerprint density at radius 3 is 2.44 bits per heavy atom. The second kappa shape index (κ2) is 6.60. The maximum Gasteiger partial charge on any atom is 0.347 e. The van der Waals surface area contributed by atoms with E-state index in [0.29, 0.717) is 22.0 Å². The van der Waals surface area contributed by atoms with Gasteiger partial charge < -0.3 is 9.84 Å². The molecule has 4 nitrogen and oxygen atoms in total. The quantitative estimate of drug-likeness (QED) is 0.694. The Bertz CT molecular complexity index is 969. The van der Waals surface area contributed by atoms with Gasteiger partial charge in [-0.05, 0) is 49.7 Å². The van der Waals surface area contributed by atoms with Crippen LogP contribution in [0.15, 0.2) is 36.4 Å². The number of thiazole rings is 1. The third-order valence-electron chi connectivity index (χ3n) is 3.53. The smallest absolute Gasteiger partial charge is 0.347 e. The normalized spacial score (nSPS) is 10.7. The first-order valence-corrected chi connectivity index (χ1v) is 8.11. The standard InChI is InChI=1S/C18H13F2NO3S/c1-9-7-11(17-21-10(2)16(25-17)18(22)23)3-5-14(9)24-15-6-4-12(19)8-13(15)20/h3-8H,1-2H3,(H,22,23). The highest BCUT2D eigenvalue weighted by molar-refractivity contribution is 7.17. The lowest BCUT2D eigenvalue weighted by atomic mass is 10.1. The molecular formula is C18H13F2NO3S. The van der Waals surface area contributed by atoms with Crippen LogP contribution in [0.2, 0.25) is 0 Å². The largest absolute Gasteiger partial charge is 0.477 e. The van der Waals surface area contributed by atoms with E-state index < -0.39 is 17.6 Å². The zero-order chi connectivity index (χ0) is 18.1. The minimum absolute atomic E-state index is 0.0736. The van der Waals surface area contributed by atoms with Crippen LogP contribution in [0.3, 0.4) is 0 Å². The van der Waals surface area contributed by atoms with Gasteiger partial charge in [0.1, 0.15) is 21.5 Å². The van der Waals surface area contributed by atoms with Crippen molar-refractivity contribution in [2.45, 2.75) is 13.8 Å². The molecule has 0 radical (unpaired) electrons. The van der Waals surface area contributed by atoms with E-state index in [1.165, 1.54) is 6.07 Å². The van der Waals surface area contributed by atoms with E-state index in [2.05, 4.69) is 4.98 Å². The SMILES string of the molecule is Cc1cc(-c2nc(C)c(C(=O)O)s2)ccc1Oc1ccc(F)cc1F. The van der Waals surface area contributed by atoms with Gasteiger partial charge in [0, 0.05) is 11.6 Å². The van der Waals surface area contributed by atoms with Crippen molar-refractivity contribution in [2.75, 3.05) is 0 Å². The van der Waals surface area contributed by atoms with Crippen LogP contribution in [-0.4, -0.2) is 16.1 Å². The molecule has 3 aromatic rings. The number of halogens is 2. The number of hydrogen-bond donors (Lipinski definition) is 1. The van der Waals surface area contributed by atoms with E-state index in [-0.39, 0.29) is 10.6 Å². The number of aromatic nitrogens is 1. The van der Waals surface area contributed by atoms with Gasteiger partial charge in [-0.15, -0.1) is 11.3 Å². The van der Waals surface area contributed by atoms with Crippen LogP contribution in [0.4, 0.5) is 8.78 Å². The molecule has 0 bridgehead atoms. The van der Waals surface area contributed by atoms with Crippen LogP contribution in [0.5, 0.6) is 11.5 Å². The first-order valence-electron chi connectivity index (χ1n) is 7.30. The molecule has 1 aromatic heterocycles. The highest BCUT2D eigenvalue weighted by Gasteiger charge is 2.16. The van der Waals surface area contributed by atoms with Gasteiger partial charge in [0.2, 0.25) is 0 Å². The minimum atomic E-state index is -1.01. The second-order valence-electron chi connectivity index (χ2n) is 5.40. The Labute approximate surface area is 146 Å². The number of rotatable bonds is 4. The molecule has 3 rings (SSSR count). The van der Waals surface area contributed by atoms with Crippen LogP contribution in [0.1, 0.15) is 20.9 Å². The van der Waals surface area contributed by atoms with Crippen LogP contribution in [0.25, 0.3) is 10.6 Å². The zero-order valence-corrected chi connectivity index (χ0v) is 14.2. The summed E-state index contributed by atoms with van der Waals surface area (Å²) >= 11 is 1.09. The van der Waals surface area contributed by atoms with Gasteiger partial charge in [-0.25, -0.2) is 18.6 Å². The molecule has 0 aliphatic heterocycles. The van der Waals surface area contributed by atoms with Gasteiger partial charge in [0.15, 0.2) is 11.6 Å². The molecule has 0 fully saturated rings. The molecule has 128 valence electrons. The lowest BCUT2D eigenvalue weighted by molar-refractivity contribution is 0.0701. The number of ether oxygens (including phenoxy) is 1. The molecule has 0 atom stereocenters. The first kappa shape index (κ1) is 17.0. The van der Waals surface area contributed by atoms with Crippen molar-refractivity contribution in [2.24, 2.45) is 0 Å². The number of benzene rings is 2. The lowest BCUT2D eigenvalue weighted by Crippen LogP contribution is -1.94. The minimum Gasteiger partial charge on any atom is -0.477 e. The number of nitrogens with zero attached hydrogens (tertiary/aromatic N) is 1. The van der Waals surface area contributed by atoms with Gasteiger partial charge in [0.05, 0.1) is 5.69 Å². The van der Waals surface area contributed by atoms with Crippen LogP contribution < -0.4 is 4.74 Å². The van der Waals surface area contributed by atoms with Crippen molar-refractivity contribution < 1.29 is 23.4 Å². The van der Waals surface area contributed by atoms with Gasteiger partial charge >= 0.3 is 5.97 Å². The summed E-state index contributed by atoms with van der Waals surface area (Å²) in [6.07, 6.45) is 0. The van der Waals surface area contributed by atoms with Gasteiger partial charge in [-0.3, -0.25) is 0 Å². The molecule has 1 heterocycles. The fraction of sp³-hybridized carbons (Fsp3) is 0.111. The topological polar surface area (TPSA) is 59.4 Å². The molecule has 7 heteroatoms. The summed E-state index contributed by atoms with van der Waals surface area (Å²) in [5.41, 5.74) is 1.91. The fourth-order valence-electron chi connectivity index (χ4n) is 2.29. The summed E-state index contributed by atoms with van der Waals surface area (Å²) in [5, 5.41) is 9.70. The molecule has 0 spiro atoms. The van der Waals surface area contributed by atoms with Crippen LogP contribution >= 0.6 is 11.3 Å². The summed E-state index contributed by atoms with van der Waals surface area (Å²) in [6, 6.07) is 8.24. The predicted molar refractivity (Wildman–Crippen MR) is 90.4 cm³/mol. The maximum atomic E-state index is 13.7. The fourth-order valence-corrected chi connectivity index (χ4v) is 3.19. The van der Waals surface area contributed by atoms with E-state index in [4.69, 9.17) is 9.84 Å². The van der Waals surface area contributed by atoms with E-state index in [9.17, 15) is 13.6 Å². The first-order chi connectivity index (χ1) is 11.8. The zero-order valence-electron chi connectivity index (χ0n) is 13.3.